The number of halogens is 2. The highest BCUT2D eigenvalue weighted by Gasteiger charge is 2.21. The maximum absolute atomic E-state index is 9.68. The molecule has 2 aromatic carbocycles. The number of β-amino-alcohol motifs (C(OH)–C–C–N with tert-alkyl or cyclic N) is 1. The topological polar surface area (TPSA) is 49.5 Å². The second kappa shape index (κ2) is 6.72. The number of fused-ring (bicyclic) bond motifs is 1. The van der Waals surface area contributed by atoms with Gasteiger partial charge in [0, 0.05) is 29.7 Å². The minimum Gasteiger partial charge on any atom is -0.434 e. The summed E-state index contributed by atoms with van der Waals surface area (Å²) in [6.07, 6.45) is 0.601. The molecule has 4 nitrogen and oxygen atoms in total. The summed E-state index contributed by atoms with van der Waals surface area (Å²) in [4.78, 5) is 6.88. The van der Waals surface area contributed by atoms with Crippen LogP contribution < -0.4 is 0 Å². The molecule has 1 aliphatic rings. The molecule has 1 aliphatic heterocycles. The van der Waals surface area contributed by atoms with Crippen LogP contribution in [0.15, 0.2) is 39.2 Å². The molecular formula is C19H18BrClN2O2. The Morgan fingerprint density at radius 2 is 2.24 bits per heavy atom. The minimum atomic E-state index is -0.225. The number of aromatic nitrogens is 1. The molecule has 0 saturated carbocycles. The Balaban J connectivity index is 1.71. The minimum absolute atomic E-state index is 0.225. The molecule has 3 aromatic rings. The fourth-order valence-corrected chi connectivity index (χ4v) is 3.95. The van der Waals surface area contributed by atoms with Crippen molar-refractivity contribution in [3.8, 4) is 11.5 Å². The van der Waals surface area contributed by atoms with Crippen LogP contribution in [-0.2, 0) is 6.54 Å². The van der Waals surface area contributed by atoms with Crippen LogP contribution in [-0.4, -0.2) is 34.2 Å². The molecule has 0 aliphatic carbocycles. The molecule has 1 saturated heterocycles. The Morgan fingerprint density at radius 1 is 1.40 bits per heavy atom. The smallest absolute Gasteiger partial charge is 0.227 e. The molecule has 0 amide bonds. The van der Waals surface area contributed by atoms with Crippen molar-refractivity contribution >= 4 is 38.6 Å². The van der Waals surface area contributed by atoms with Crippen LogP contribution in [0.5, 0.6) is 0 Å². The second-order valence-electron chi connectivity index (χ2n) is 6.53. The van der Waals surface area contributed by atoms with Gasteiger partial charge in [0.15, 0.2) is 5.58 Å². The van der Waals surface area contributed by atoms with Crippen molar-refractivity contribution in [1.29, 1.82) is 0 Å². The fraction of sp³-hybridized carbons (Fsp3) is 0.316. The van der Waals surface area contributed by atoms with E-state index in [1.807, 2.05) is 37.3 Å². The molecule has 25 heavy (non-hydrogen) atoms. The predicted octanol–water partition coefficient (Wildman–Crippen LogP) is 4.79. The zero-order valence-electron chi connectivity index (χ0n) is 13.8. The summed E-state index contributed by atoms with van der Waals surface area (Å²) in [5, 5.41) is 10.3. The molecule has 1 unspecified atom stereocenters. The van der Waals surface area contributed by atoms with Gasteiger partial charge < -0.3 is 9.52 Å². The lowest BCUT2D eigenvalue weighted by Crippen LogP contribution is -2.21. The number of hydrogen-bond acceptors (Lipinski definition) is 4. The van der Waals surface area contributed by atoms with Gasteiger partial charge in [0.05, 0.1) is 11.1 Å². The van der Waals surface area contributed by atoms with Crippen molar-refractivity contribution in [3.63, 3.8) is 0 Å². The van der Waals surface area contributed by atoms with E-state index in [-0.39, 0.29) is 6.10 Å². The summed E-state index contributed by atoms with van der Waals surface area (Å²) in [6.45, 7) is 4.39. The molecule has 0 bridgehead atoms. The van der Waals surface area contributed by atoms with Crippen LogP contribution in [0.25, 0.3) is 22.6 Å². The van der Waals surface area contributed by atoms with E-state index in [1.165, 1.54) is 0 Å². The van der Waals surface area contributed by atoms with E-state index >= 15 is 0 Å². The molecule has 0 spiro atoms. The van der Waals surface area contributed by atoms with E-state index in [4.69, 9.17) is 16.0 Å². The van der Waals surface area contributed by atoms with Crippen LogP contribution >= 0.6 is 27.5 Å². The van der Waals surface area contributed by atoms with Gasteiger partial charge in [-0.2, -0.15) is 0 Å². The Bertz CT molecular complexity index is 941. The van der Waals surface area contributed by atoms with Crippen LogP contribution in [0.1, 0.15) is 17.5 Å². The summed E-state index contributed by atoms with van der Waals surface area (Å²) in [6, 6.07) is 9.90. The van der Waals surface area contributed by atoms with Gasteiger partial charge in [-0.25, -0.2) is 4.98 Å². The molecule has 1 atom stereocenters. The molecule has 1 aromatic heterocycles. The van der Waals surface area contributed by atoms with Gasteiger partial charge in [0.25, 0.3) is 0 Å². The number of oxazole rings is 1. The van der Waals surface area contributed by atoms with Crippen molar-refractivity contribution in [2.45, 2.75) is 26.0 Å². The zero-order valence-corrected chi connectivity index (χ0v) is 16.1. The van der Waals surface area contributed by atoms with E-state index in [0.717, 1.165) is 46.2 Å². The molecule has 2 heterocycles. The van der Waals surface area contributed by atoms with E-state index in [0.29, 0.717) is 23.0 Å². The third-order valence-corrected chi connectivity index (χ3v) is 5.80. The maximum atomic E-state index is 9.68. The summed E-state index contributed by atoms with van der Waals surface area (Å²) < 4.78 is 6.97. The van der Waals surface area contributed by atoms with E-state index < -0.39 is 0 Å². The Morgan fingerprint density at radius 3 is 3.00 bits per heavy atom. The molecule has 1 fully saturated rings. The second-order valence-corrected chi connectivity index (χ2v) is 7.80. The van der Waals surface area contributed by atoms with Crippen molar-refractivity contribution in [2.24, 2.45) is 0 Å². The van der Waals surface area contributed by atoms with Gasteiger partial charge in [-0.05, 0) is 48.7 Å². The van der Waals surface area contributed by atoms with Gasteiger partial charge in [-0.3, -0.25) is 4.90 Å². The molecule has 0 radical (unpaired) electrons. The highest BCUT2D eigenvalue weighted by molar-refractivity contribution is 9.10. The fourth-order valence-electron chi connectivity index (χ4n) is 3.31. The Kier molecular flexibility index (Phi) is 4.58. The third kappa shape index (κ3) is 3.34. The molecule has 6 heteroatoms. The lowest BCUT2D eigenvalue weighted by atomic mass is 10.1. The summed E-state index contributed by atoms with van der Waals surface area (Å²) in [5.74, 6) is 0.574. The van der Waals surface area contributed by atoms with Gasteiger partial charge >= 0.3 is 0 Å². The number of benzene rings is 2. The summed E-state index contributed by atoms with van der Waals surface area (Å²) in [5.41, 5.74) is 4.48. The number of rotatable bonds is 3. The number of aliphatic hydroxyl groups is 1. The molecule has 4 rings (SSSR count). The van der Waals surface area contributed by atoms with Gasteiger partial charge in [-0.1, -0.05) is 33.6 Å². The number of hydrogen-bond donors (Lipinski definition) is 1. The number of likely N-dealkylation sites (tertiary alicyclic amines) is 1. The van der Waals surface area contributed by atoms with E-state index in [2.05, 4.69) is 25.8 Å². The molecule has 130 valence electrons. The highest BCUT2D eigenvalue weighted by Crippen LogP contribution is 2.34. The van der Waals surface area contributed by atoms with Crippen LogP contribution in [0.4, 0.5) is 0 Å². The number of nitrogens with zero attached hydrogens (tertiary/aromatic N) is 2. The summed E-state index contributed by atoms with van der Waals surface area (Å²) >= 11 is 9.98. The van der Waals surface area contributed by atoms with Crippen LogP contribution in [0.2, 0.25) is 5.02 Å². The lowest BCUT2D eigenvalue weighted by Gasteiger charge is -2.14. The zero-order chi connectivity index (χ0) is 17.6. The monoisotopic (exact) mass is 420 g/mol. The maximum Gasteiger partial charge on any atom is 0.227 e. The first kappa shape index (κ1) is 17.0. The Labute approximate surface area is 159 Å². The summed E-state index contributed by atoms with van der Waals surface area (Å²) in [7, 11) is 0. The third-order valence-electron chi connectivity index (χ3n) is 4.66. The van der Waals surface area contributed by atoms with E-state index in [1.54, 1.807) is 0 Å². The first-order valence-corrected chi connectivity index (χ1v) is 9.43. The largest absolute Gasteiger partial charge is 0.434 e. The van der Waals surface area contributed by atoms with Gasteiger partial charge in [0.1, 0.15) is 5.52 Å². The van der Waals surface area contributed by atoms with E-state index in [9.17, 15) is 5.11 Å². The lowest BCUT2D eigenvalue weighted by molar-refractivity contribution is 0.175. The first-order chi connectivity index (χ1) is 12.0. The normalized spacial score (nSPS) is 18.3. The van der Waals surface area contributed by atoms with Crippen LogP contribution in [0, 0.1) is 6.92 Å². The van der Waals surface area contributed by atoms with Crippen molar-refractivity contribution in [3.05, 3.63) is 51.0 Å². The average molecular weight is 422 g/mol. The predicted molar refractivity (Wildman–Crippen MR) is 103 cm³/mol. The van der Waals surface area contributed by atoms with Gasteiger partial charge in [0.2, 0.25) is 5.89 Å². The van der Waals surface area contributed by atoms with Crippen LogP contribution in [0.3, 0.4) is 0 Å². The van der Waals surface area contributed by atoms with Crippen molar-refractivity contribution < 1.29 is 9.52 Å². The quantitative estimate of drug-likeness (QED) is 0.661. The Hall–Kier alpha value is -1.40. The van der Waals surface area contributed by atoms with Crippen molar-refractivity contribution in [1.82, 2.24) is 9.88 Å². The van der Waals surface area contributed by atoms with Gasteiger partial charge in [-0.15, -0.1) is 0 Å². The standard InChI is InChI=1S/C19H18BrClN2O2/c1-11-14(3-2-4-15(11)20)19-22-17-8-12(7-16(21)18(17)25-19)9-23-6-5-13(24)10-23/h2-4,7-8,13,24H,5-6,9-10H2,1H3. The highest BCUT2D eigenvalue weighted by atomic mass is 79.9. The average Bonchev–Trinajstić information content (AvgIpc) is 3.16. The first-order valence-electron chi connectivity index (χ1n) is 8.26. The molecular weight excluding hydrogens is 404 g/mol. The SMILES string of the molecule is Cc1c(Br)cccc1-c1nc2cc(CN3CCC(O)C3)cc(Cl)c2o1. The number of aliphatic hydroxyl groups excluding tert-OH is 1. The molecule has 1 N–H and O–H groups in total. The van der Waals surface area contributed by atoms with Crippen molar-refractivity contribution in [2.75, 3.05) is 13.1 Å².